The molecule has 34 heavy (non-hydrogen) atoms. The molecule has 3 aromatic rings. The Morgan fingerprint density at radius 3 is 2.35 bits per heavy atom. The van der Waals surface area contributed by atoms with Crippen molar-refractivity contribution >= 4 is 34.7 Å². The van der Waals surface area contributed by atoms with Gasteiger partial charge >= 0.3 is 5.91 Å². The third kappa shape index (κ3) is 4.12. The number of imide groups is 1. The zero-order chi connectivity index (χ0) is 24.6. The molecule has 1 aromatic carbocycles. The molecule has 8 heteroatoms. The van der Waals surface area contributed by atoms with Gasteiger partial charge in [-0.1, -0.05) is 45.4 Å². The van der Waals surface area contributed by atoms with Crippen molar-refractivity contribution in [1.29, 1.82) is 0 Å². The van der Waals surface area contributed by atoms with Gasteiger partial charge in [0.25, 0.3) is 11.6 Å². The number of carbonyl (C=O) groups excluding carboxylic acids is 2. The number of nitrogens with zero attached hydrogens (tertiary/aromatic N) is 4. The number of rotatable bonds is 7. The molecule has 1 aliphatic rings. The second-order valence-electron chi connectivity index (χ2n) is 8.68. The number of benzene rings is 1. The highest BCUT2D eigenvalue weighted by Gasteiger charge is 2.46. The number of amides is 2. The van der Waals surface area contributed by atoms with Gasteiger partial charge in [0.2, 0.25) is 0 Å². The van der Waals surface area contributed by atoms with Gasteiger partial charge in [0.1, 0.15) is 5.57 Å². The molecule has 0 saturated heterocycles. The monoisotopic (exact) mass is 478 g/mol. The maximum atomic E-state index is 13.6. The van der Waals surface area contributed by atoms with Gasteiger partial charge in [-0.3, -0.25) is 14.5 Å². The molecule has 0 spiro atoms. The summed E-state index contributed by atoms with van der Waals surface area (Å²) in [6.45, 7) is 8.05. The van der Waals surface area contributed by atoms with Crippen molar-refractivity contribution in [3.63, 3.8) is 0 Å². The number of hydrogen-bond acceptors (Lipinski definition) is 4. The molecule has 0 fully saturated rings. The SMILES string of the molecule is CCc1cc[n+](C2=C(c3c(CC)nn(-c4cccc(Cl)c4)c3[O-])C(=O)N(CC(C)C)C2=O)cc1. The highest BCUT2D eigenvalue weighted by atomic mass is 35.5. The largest absolute Gasteiger partial charge is 0.858 e. The van der Waals surface area contributed by atoms with Gasteiger partial charge < -0.3 is 5.11 Å². The minimum absolute atomic E-state index is 0.0764. The lowest BCUT2D eigenvalue weighted by molar-refractivity contribution is -0.577. The fourth-order valence-electron chi connectivity index (χ4n) is 4.13. The summed E-state index contributed by atoms with van der Waals surface area (Å²) in [6.07, 6.45) is 4.78. The molecular formula is C26H27ClN4O3. The number of carbonyl (C=O) groups is 2. The molecule has 4 rings (SSSR count). The highest BCUT2D eigenvalue weighted by Crippen LogP contribution is 2.37. The fraction of sp³-hybridized carbons (Fsp3) is 0.308. The van der Waals surface area contributed by atoms with Crippen LogP contribution in [0.1, 0.15) is 44.5 Å². The van der Waals surface area contributed by atoms with Crippen molar-refractivity contribution in [3.8, 4) is 11.6 Å². The van der Waals surface area contributed by atoms with E-state index in [0.717, 1.165) is 12.0 Å². The summed E-state index contributed by atoms with van der Waals surface area (Å²) in [6, 6.07) is 10.6. The van der Waals surface area contributed by atoms with Gasteiger partial charge in [-0.05, 0) is 48.4 Å². The molecule has 0 radical (unpaired) electrons. The van der Waals surface area contributed by atoms with Crippen molar-refractivity contribution in [1.82, 2.24) is 14.7 Å². The molecule has 1 aliphatic heterocycles. The van der Waals surface area contributed by atoms with E-state index in [1.165, 1.54) is 9.58 Å². The molecule has 0 aliphatic carbocycles. The summed E-state index contributed by atoms with van der Waals surface area (Å²) >= 11 is 6.13. The number of halogens is 1. The average Bonchev–Trinajstić information content (AvgIpc) is 3.27. The third-order valence-corrected chi connectivity index (χ3v) is 6.04. The lowest BCUT2D eigenvalue weighted by atomic mass is 10.0. The first-order valence-corrected chi connectivity index (χ1v) is 11.8. The van der Waals surface area contributed by atoms with E-state index in [-0.39, 0.29) is 29.3 Å². The van der Waals surface area contributed by atoms with Crippen LogP contribution in [-0.2, 0) is 22.4 Å². The highest BCUT2D eigenvalue weighted by molar-refractivity contribution is 6.45. The predicted octanol–water partition coefficient (Wildman–Crippen LogP) is 3.40. The van der Waals surface area contributed by atoms with E-state index < -0.39 is 17.7 Å². The van der Waals surface area contributed by atoms with Crippen LogP contribution in [0.4, 0.5) is 0 Å². The summed E-state index contributed by atoms with van der Waals surface area (Å²) in [5, 5.41) is 18.6. The van der Waals surface area contributed by atoms with Crippen LogP contribution in [-0.4, -0.2) is 33.0 Å². The Bertz CT molecular complexity index is 1290. The minimum Gasteiger partial charge on any atom is -0.858 e. The van der Waals surface area contributed by atoms with Gasteiger partial charge in [-0.15, -0.1) is 0 Å². The number of pyridine rings is 1. The fourth-order valence-corrected chi connectivity index (χ4v) is 4.31. The first-order valence-electron chi connectivity index (χ1n) is 11.4. The second kappa shape index (κ2) is 9.43. The molecule has 7 nitrogen and oxygen atoms in total. The van der Waals surface area contributed by atoms with E-state index in [0.29, 0.717) is 22.8 Å². The average molecular weight is 479 g/mol. The molecule has 0 atom stereocenters. The maximum Gasteiger partial charge on any atom is 0.326 e. The van der Waals surface area contributed by atoms with Crippen LogP contribution >= 0.6 is 11.6 Å². The van der Waals surface area contributed by atoms with E-state index in [1.807, 2.05) is 39.8 Å². The molecule has 2 aromatic heterocycles. The van der Waals surface area contributed by atoms with E-state index in [9.17, 15) is 14.7 Å². The summed E-state index contributed by atoms with van der Waals surface area (Å²) in [7, 11) is 0. The van der Waals surface area contributed by atoms with Crippen molar-refractivity contribution in [2.75, 3.05) is 6.54 Å². The smallest absolute Gasteiger partial charge is 0.326 e. The first-order chi connectivity index (χ1) is 16.3. The normalized spacial score (nSPS) is 14.1. The van der Waals surface area contributed by atoms with Gasteiger partial charge in [0.15, 0.2) is 12.4 Å². The molecule has 0 unspecified atom stereocenters. The van der Waals surface area contributed by atoms with Crippen molar-refractivity contribution in [3.05, 3.63) is 70.6 Å². The quantitative estimate of drug-likeness (QED) is 0.385. The zero-order valence-corrected chi connectivity index (χ0v) is 20.5. The van der Waals surface area contributed by atoms with E-state index in [1.54, 1.807) is 41.2 Å². The Hall–Kier alpha value is -3.45. The van der Waals surface area contributed by atoms with E-state index in [4.69, 9.17) is 11.6 Å². The zero-order valence-electron chi connectivity index (χ0n) is 19.7. The summed E-state index contributed by atoms with van der Waals surface area (Å²) in [5.41, 5.74) is 2.48. The molecular weight excluding hydrogens is 452 g/mol. The predicted molar refractivity (Wildman–Crippen MR) is 128 cm³/mol. The van der Waals surface area contributed by atoms with Crippen molar-refractivity contribution < 1.29 is 19.3 Å². The third-order valence-electron chi connectivity index (χ3n) is 5.81. The van der Waals surface area contributed by atoms with Crippen LogP contribution in [0.5, 0.6) is 5.88 Å². The van der Waals surface area contributed by atoms with E-state index in [2.05, 4.69) is 5.10 Å². The first kappa shape index (κ1) is 23.7. The van der Waals surface area contributed by atoms with Gasteiger partial charge in [0.05, 0.1) is 11.4 Å². The topological polar surface area (TPSA) is 82.1 Å². The molecule has 0 N–H and O–H groups in total. The lowest BCUT2D eigenvalue weighted by Gasteiger charge is -2.17. The number of hydrogen-bond donors (Lipinski definition) is 0. The van der Waals surface area contributed by atoms with Crippen LogP contribution in [0, 0.1) is 5.92 Å². The summed E-state index contributed by atoms with van der Waals surface area (Å²) in [5.74, 6) is -1.27. The Balaban J connectivity index is 1.97. The van der Waals surface area contributed by atoms with Gasteiger partial charge in [-0.25, -0.2) is 4.68 Å². The van der Waals surface area contributed by atoms with Crippen LogP contribution < -0.4 is 9.67 Å². The molecule has 0 bridgehead atoms. The van der Waals surface area contributed by atoms with Gasteiger partial charge in [-0.2, -0.15) is 9.67 Å². The molecule has 0 saturated carbocycles. The van der Waals surface area contributed by atoms with Crippen LogP contribution in [0.3, 0.4) is 0 Å². The van der Waals surface area contributed by atoms with E-state index >= 15 is 0 Å². The number of aromatic nitrogens is 3. The Morgan fingerprint density at radius 1 is 1.06 bits per heavy atom. The maximum absolute atomic E-state index is 13.6. The summed E-state index contributed by atoms with van der Waals surface area (Å²) in [4.78, 5) is 28.3. The number of aryl methyl sites for hydroxylation is 2. The molecule has 2 amide bonds. The minimum atomic E-state index is -0.474. The molecule has 3 heterocycles. The van der Waals surface area contributed by atoms with Gasteiger partial charge in [0, 0.05) is 29.3 Å². The standard InChI is InChI=1S/C26H27ClN4O3/c1-5-17-10-12-29(13-11-17)23-22(24(32)30(26(23)34)15-16(3)4)21-20(6-2)28-31(25(21)33)19-9-7-8-18(27)14-19/h7-14,16H,5-6,15H2,1-4H3. The Labute approximate surface area is 203 Å². The van der Waals surface area contributed by atoms with Crippen molar-refractivity contribution in [2.45, 2.75) is 40.5 Å². The van der Waals surface area contributed by atoms with Crippen LogP contribution in [0.2, 0.25) is 5.02 Å². The Kier molecular flexibility index (Phi) is 6.57. The summed E-state index contributed by atoms with van der Waals surface area (Å²) < 4.78 is 2.88. The lowest BCUT2D eigenvalue weighted by Crippen LogP contribution is -2.40. The second-order valence-corrected chi connectivity index (χ2v) is 9.11. The van der Waals surface area contributed by atoms with Crippen LogP contribution in [0.15, 0.2) is 48.8 Å². The van der Waals surface area contributed by atoms with Crippen LogP contribution in [0.25, 0.3) is 17.0 Å². The Morgan fingerprint density at radius 2 is 1.76 bits per heavy atom. The van der Waals surface area contributed by atoms with Crippen molar-refractivity contribution in [2.24, 2.45) is 5.92 Å². The molecule has 176 valence electrons.